The monoisotopic (exact) mass is 493 g/mol. The minimum atomic E-state index is -2.59. The molecule has 11 atom stereocenters. The van der Waals surface area contributed by atoms with Gasteiger partial charge in [-0.2, -0.15) is 0 Å². The van der Waals surface area contributed by atoms with Crippen molar-refractivity contribution in [2.75, 3.05) is 0 Å². The van der Waals surface area contributed by atoms with E-state index in [4.69, 9.17) is 9.47 Å². The van der Waals surface area contributed by atoms with Crippen LogP contribution in [0.25, 0.3) is 0 Å². The summed E-state index contributed by atoms with van der Waals surface area (Å²) in [6, 6.07) is 3.06. The zero-order valence-corrected chi connectivity index (χ0v) is 20.6. The Hall–Kier alpha value is -1.53. The van der Waals surface area contributed by atoms with Crippen LogP contribution in [0, 0.1) is 22.7 Å². The summed E-state index contributed by atoms with van der Waals surface area (Å²) in [5.74, 6) is -4.34. The highest BCUT2D eigenvalue weighted by Gasteiger charge is 3.10. The van der Waals surface area contributed by atoms with Crippen molar-refractivity contribution in [3.63, 3.8) is 0 Å². The molecule has 10 heteroatoms. The van der Waals surface area contributed by atoms with Crippen LogP contribution in [-0.2, 0) is 9.47 Å². The van der Waals surface area contributed by atoms with Crippen molar-refractivity contribution in [1.82, 2.24) is 4.98 Å². The smallest absolute Gasteiger partial charge is 0.355 e. The van der Waals surface area contributed by atoms with E-state index in [0.29, 0.717) is 6.42 Å². The van der Waals surface area contributed by atoms with Crippen molar-refractivity contribution < 1.29 is 44.9 Å². The first-order chi connectivity index (χ1) is 16.0. The number of H-pyrrole nitrogens is 1. The van der Waals surface area contributed by atoms with Gasteiger partial charge in [-0.15, -0.1) is 0 Å². The number of aliphatic hydroxyl groups is 6. The summed E-state index contributed by atoms with van der Waals surface area (Å²) in [6.07, 6.45) is -1.63. The molecule has 4 aliphatic carbocycles. The molecule has 6 aliphatic rings. The Labute approximate surface area is 202 Å². The largest absolute Gasteiger partial charge is 0.451 e. The SMILES string of the molecule is CC(C)[C@]1(O)C(OC(=O)c2ccc[nH]2)[C@@]2(O)[C@@]3(C)CC4(O)OC5(C(O)[C@@H](C)CC[C@@]53O)[C@@]2(O)[C@]41C. The first-order valence-corrected chi connectivity index (χ1v) is 12.4. The van der Waals surface area contributed by atoms with Gasteiger partial charge >= 0.3 is 5.97 Å². The van der Waals surface area contributed by atoms with Crippen LogP contribution in [0.5, 0.6) is 0 Å². The van der Waals surface area contributed by atoms with Crippen LogP contribution in [0.1, 0.15) is 64.4 Å². The van der Waals surface area contributed by atoms with Crippen molar-refractivity contribution in [3.8, 4) is 0 Å². The van der Waals surface area contributed by atoms with Crippen LogP contribution < -0.4 is 0 Å². The molecule has 35 heavy (non-hydrogen) atoms. The molecule has 3 heterocycles. The van der Waals surface area contributed by atoms with E-state index < -0.39 is 74.6 Å². The summed E-state index contributed by atoms with van der Waals surface area (Å²) in [7, 11) is 0. The van der Waals surface area contributed by atoms with Crippen molar-refractivity contribution in [2.45, 2.75) is 99.9 Å². The van der Waals surface area contributed by atoms with Gasteiger partial charge in [0.05, 0.1) is 11.5 Å². The standard InChI is InChI=1S/C25H35NO9/c1-12(2)22(31)17(34-16(28)14-7-6-10-26-14)23(32)18(4)11-21(30)19(22,5)25(23,33)24(35-21)15(27)13(3)8-9-20(18,24)29/h6-7,10,12-13,15,17,26-27,29-33H,8-9,11H2,1-5H3/t13-,15?,17?,18-,19+,20-,21?,22-,23+,24?,25+/m0/s1. The number of hydrogen-bond donors (Lipinski definition) is 7. The van der Waals surface area contributed by atoms with Gasteiger partial charge in [0.25, 0.3) is 0 Å². The Bertz CT molecular complexity index is 1130. The molecule has 10 nitrogen and oxygen atoms in total. The van der Waals surface area contributed by atoms with E-state index in [2.05, 4.69) is 4.98 Å². The molecule has 1 aromatic rings. The van der Waals surface area contributed by atoms with Crippen molar-refractivity contribution in [2.24, 2.45) is 22.7 Å². The zero-order chi connectivity index (χ0) is 25.8. The van der Waals surface area contributed by atoms with Crippen LogP contribution in [-0.4, -0.2) is 87.6 Å². The second-order valence-electron chi connectivity index (χ2n) is 12.4. The molecule has 0 amide bonds. The number of aromatic nitrogens is 1. The fraction of sp³-hybridized carbons (Fsp3) is 0.800. The Morgan fingerprint density at radius 2 is 1.86 bits per heavy atom. The fourth-order valence-electron chi connectivity index (χ4n) is 9.56. The molecule has 0 aromatic carbocycles. The Kier molecular flexibility index (Phi) is 4.06. The van der Waals surface area contributed by atoms with Crippen LogP contribution in [0.2, 0.25) is 0 Å². The van der Waals surface area contributed by atoms with E-state index in [1.165, 1.54) is 26.1 Å². The lowest BCUT2D eigenvalue weighted by Crippen LogP contribution is -2.75. The van der Waals surface area contributed by atoms with Gasteiger partial charge in [-0.05, 0) is 43.7 Å². The Morgan fingerprint density at radius 3 is 2.43 bits per heavy atom. The van der Waals surface area contributed by atoms with Gasteiger partial charge in [-0.3, -0.25) is 0 Å². The molecule has 2 aliphatic heterocycles. The summed E-state index contributed by atoms with van der Waals surface area (Å²) in [5, 5.41) is 73.9. The fourth-order valence-corrected chi connectivity index (χ4v) is 9.56. The number of rotatable bonds is 3. The second-order valence-corrected chi connectivity index (χ2v) is 12.4. The third-order valence-corrected chi connectivity index (χ3v) is 11.3. The highest BCUT2D eigenvalue weighted by atomic mass is 16.7. The van der Waals surface area contributed by atoms with Gasteiger partial charge in [0.1, 0.15) is 28.1 Å². The van der Waals surface area contributed by atoms with Gasteiger partial charge in [-0.25, -0.2) is 4.79 Å². The van der Waals surface area contributed by atoms with Gasteiger partial charge in [0, 0.05) is 18.0 Å². The third kappa shape index (κ3) is 1.74. The molecule has 6 bridgehead atoms. The Balaban J connectivity index is 1.69. The lowest BCUT2D eigenvalue weighted by Gasteiger charge is -2.60. The van der Waals surface area contributed by atoms with E-state index in [-0.39, 0.29) is 18.5 Å². The summed E-state index contributed by atoms with van der Waals surface area (Å²) in [4.78, 5) is 15.9. The number of aliphatic hydroxyl groups excluding tert-OH is 1. The molecule has 6 fully saturated rings. The molecule has 1 spiro atoms. The highest BCUT2D eigenvalue weighted by Crippen LogP contribution is 2.90. The van der Waals surface area contributed by atoms with Gasteiger partial charge in [0.2, 0.25) is 0 Å². The van der Waals surface area contributed by atoms with Crippen LogP contribution in [0.3, 0.4) is 0 Å². The summed E-state index contributed by atoms with van der Waals surface area (Å²) in [6.45, 7) is 7.91. The lowest BCUT2D eigenvalue weighted by atomic mass is 9.52. The minimum absolute atomic E-state index is 0.0654. The normalized spacial score (nSPS) is 59.8. The number of ether oxygens (including phenoxy) is 2. The second kappa shape index (κ2) is 5.96. The van der Waals surface area contributed by atoms with Crippen LogP contribution in [0.4, 0.5) is 0 Å². The quantitative estimate of drug-likeness (QED) is 0.282. The third-order valence-electron chi connectivity index (χ3n) is 11.3. The molecule has 194 valence electrons. The number of nitrogens with one attached hydrogen (secondary N) is 1. The number of aromatic amines is 1. The average molecular weight is 494 g/mol. The predicted octanol–water partition coefficient (Wildman–Crippen LogP) is -0.188. The van der Waals surface area contributed by atoms with E-state index >= 15 is 0 Å². The van der Waals surface area contributed by atoms with E-state index in [1.807, 2.05) is 0 Å². The highest BCUT2D eigenvalue weighted by molar-refractivity contribution is 5.87. The maximum absolute atomic E-state index is 13.2. The molecule has 7 rings (SSSR count). The minimum Gasteiger partial charge on any atom is -0.451 e. The van der Waals surface area contributed by atoms with Crippen molar-refractivity contribution in [1.29, 1.82) is 0 Å². The maximum Gasteiger partial charge on any atom is 0.355 e. The number of carbonyl (C=O) groups excluding carboxylic acids is 1. The molecule has 1 aromatic heterocycles. The van der Waals surface area contributed by atoms with E-state index in [1.54, 1.807) is 26.8 Å². The van der Waals surface area contributed by atoms with Crippen molar-refractivity contribution >= 4 is 5.97 Å². The average Bonchev–Trinajstić information content (AvgIpc) is 3.41. The van der Waals surface area contributed by atoms with Gasteiger partial charge in [0.15, 0.2) is 17.5 Å². The predicted molar refractivity (Wildman–Crippen MR) is 119 cm³/mol. The molecule has 0 radical (unpaired) electrons. The number of esters is 1. The summed E-state index contributed by atoms with van der Waals surface area (Å²) < 4.78 is 12.1. The lowest BCUT2D eigenvalue weighted by molar-refractivity contribution is -0.390. The first kappa shape index (κ1) is 23.8. The van der Waals surface area contributed by atoms with Crippen LogP contribution in [0.15, 0.2) is 18.3 Å². The molecule has 4 saturated carbocycles. The zero-order valence-electron chi connectivity index (χ0n) is 20.6. The first-order valence-electron chi connectivity index (χ1n) is 12.4. The molecular weight excluding hydrogens is 458 g/mol. The van der Waals surface area contributed by atoms with Crippen molar-refractivity contribution in [3.05, 3.63) is 24.0 Å². The molecule has 7 N–H and O–H groups in total. The molecule has 4 unspecified atom stereocenters. The Morgan fingerprint density at radius 1 is 1.20 bits per heavy atom. The number of hydrogen-bond acceptors (Lipinski definition) is 9. The summed E-state index contributed by atoms with van der Waals surface area (Å²) >= 11 is 0. The van der Waals surface area contributed by atoms with Gasteiger partial charge < -0.3 is 45.1 Å². The molecule has 2 saturated heterocycles. The maximum atomic E-state index is 13.2. The van der Waals surface area contributed by atoms with E-state index in [9.17, 15) is 35.4 Å². The van der Waals surface area contributed by atoms with Gasteiger partial charge in [-0.1, -0.05) is 27.7 Å². The topological polar surface area (TPSA) is 173 Å². The number of carbonyl (C=O) groups is 1. The van der Waals surface area contributed by atoms with E-state index in [0.717, 1.165) is 0 Å². The summed E-state index contributed by atoms with van der Waals surface area (Å²) in [5.41, 5.74) is -15.2. The molecular formula is C25H35NO9. The van der Waals surface area contributed by atoms with Crippen LogP contribution >= 0.6 is 0 Å².